The molecular weight excluding hydrogens is 398 g/mol. The predicted molar refractivity (Wildman–Crippen MR) is 118 cm³/mol. The summed E-state index contributed by atoms with van der Waals surface area (Å²) in [6.07, 6.45) is 0.883. The molecule has 3 N–H and O–H groups in total. The average molecular weight is 434 g/mol. The third-order valence-corrected chi connectivity index (χ3v) is 4.79. The first-order chi connectivity index (χ1) is 14.3. The molecule has 0 radical (unpaired) electrons. The Labute approximate surface area is 184 Å². The van der Waals surface area contributed by atoms with Crippen LogP contribution in [0.2, 0.25) is 0 Å². The molecule has 0 spiro atoms. The van der Waals surface area contributed by atoms with E-state index in [2.05, 4.69) is 10.6 Å². The zero-order valence-electron chi connectivity index (χ0n) is 19.5. The number of nitrogens with one attached hydrogen (secondary N) is 2. The number of phenols is 1. The zero-order valence-corrected chi connectivity index (χ0v) is 19.5. The first kappa shape index (κ1) is 24.5. The molecule has 1 aliphatic carbocycles. The summed E-state index contributed by atoms with van der Waals surface area (Å²) >= 11 is 0. The highest BCUT2D eigenvalue weighted by molar-refractivity contribution is 5.92. The van der Waals surface area contributed by atoms with Crippen LogP contribution in [0.15, 0.2) is 18.2 Å². The molecule has 172 valence electrons. The summed E-state index contributed by atoms with van der Waals surface area (Å²) in [5.74, 6) is -0.538. The van der Waals surface area contributed by atoms with Crippen LogP contribution in [0, 0.1) is 6.92 Å². The van der Waals surface area contributed by atoms with Gasteiger partial charge in [-0.3, -0.25) is 9.59 Å². The number of carbonyl (C=O) groups excluding carboxylic acids is 3. The van der Waals surface area contributed by atoms with Crippen LogP contribution in [0.1, 0.15) is 71.6 Å². The molecule has 1 aliphatic rings. The van der Waals surface area contributed by atoms with E-state index in [0.717, 1.165) is 12.8 Å². The maximum atomic E-state index is 13.4. The Bertz CT molecular complexity index is 827. The smallest absolute Gasteiger partial charge is 0.408 e. The molecule has 2 atom stereocenters. The van der Waals surface area contributed by atoms with Crippen molar-refractivity contribution in [1.29, 1.82) is 0 Å². The van der Waals surface area contributed by atoms with Crippen LogP contribution < -0.4 is 10.6 Å². The van der Waals surface area contributed by atoms with Crippen molar-refractivity contribution >= 4 is 17.9 Å². The van der Waals surface area contributed by atoms with Gasteiger partial charge in [-0.1, -0.05) is 6.07 Å². The number of hydrogen-bond donors (Lipinski definition) is 3. The van der Waals surface area contributed by atoms with Gasteiger partial charge < -0.3 is 25.4 Å². The van der Waals surface area contributed by atoms with E-state index in [1.54, 1.807) is 51.7 Å². The maximum absolute atomic E-state index is 13.4. The van der Waals surface area contributed by atoms with Crippen LogP contribution in [0.3, 0.4) is 0 Å². The SMILES string of the molecule is Cc1cc(C(C(=O)NC(C)C)N(C(=O)C(C)NC(=O)OC(C)(C)C)C2CC2)ccc1O. The van der Waals surface area contributed by atoms with Crippen molar-refractivity contribution in [3.63, 3.8) is 0 Å². The topological polar surface area (TPSA) is 108 Å². The van der Waals surface area contributed by atoms with E-state index < -0.39 is 23.8 Å². The van der Waals surface area contributed by atoms with Gasteiger partial charge in [0, 0.05) is 12.1 Å². The molecule has 1 fully saturated rings. The van der Waals surface area contributed by atoms with Crippen molar-refractivity contribution in [3.05, 3.63) is 29.3 Å². The molecule has 2 rings (SSSR count). The van der Waals surface area contributed by atoms with Gasteiger partial charge in [-0.15, -0.1) is 0 Å². The Morgan fingerprint density at radius 3 is 2.23 bits per heavy atom. The van der Waals surface area contributed by atoms with E-state index in [1.165, 1.54) is 6.07 Å². The fraction of sp³-hybridized carbons (Fsp3) is 0.609. The Balaban J connectivity index is 2.35. The molecule has 1 aromatic rings. The molecule has 31 heavy (non-hydrogen) atoms. The minimum atomic E-state index is -0.872. The van der Waals surface area contributed by atoms with Crippen molar-refractivity contribution in [2.75, 3.05) is 0 Å². The lowest BCUT2D eigenvalue weighted by atomic mass is 10.00. The normalized spacial score (nSPS) is 15.7. The molecular formula is C23H35N3O5. The van der Waals surface area contributed by atoms with Crippen LogP contribution in [0.5, 0.6) is 5.75 Å². The minimum absolute atomic E-state index is 0.0904. The second-order valence-electron chi connectivity index (χ2n) is 9.46. The third-order valence-electron chi connectivity index (χ3n) is 4.79. The number of amides is 3. The first-order valence-electron chi connectivity index (χ1n) is 10.7. The Morgan fingerprint density at radius 2 is 1.74 bits per heavy atom. The zero-order chi connectivity index (χ0) is 23.5. The summed E-state index contributed by atoms with van der Waals surface area (Å²) in [5, 5.41) is 15.4. The van der Waals surface area contributed by atoms with E-state index in [4.69, 9.17) is 4.74 Å². The summed E-state index contributed by atoms with van der Waals surface area (Å²) in [6, 6.07) is 2.95. The maximum Gasteiger partial charge on any atom is 0.408 e. The third kappa shape index (κ3) is 6.87. The highest BCUT2D eigenvalue weighted by Crippen LogP contribution is 2.36. The molecule has 0 heterocycles. The molecule has 0 bridgehead atoms. The Kier molecular flexibility index (Phi) is 7.57. The van der Waals surface area contributed by atoms with Gasteiger partial charge in [-0.2, -0.15) is 0 Å². The number of aromatic hydroxyl groups is 1. The minimum Gasteiger partial charge on any atom is -0.508 e. The molecule has 3 amide bonds. The summed E-state index contributed by atoms with van der Waals surface area (Å²) in [5.41, 5.74) is 0.535. The number of hydrogen-bond acceptors (Lipinski definition) is 5. The van der Waals surface area contributed by atoms with Crippen molar-refractivity contribution in [1.82, 2.24) is 15.5 Å². The summed E-state index contributed by atoms with van der Waals surface area (Å²) in [4.78, 5) is 40.3. The molecule has 8 heteroatoms. The van der Waals surface area contributed by atoms with Crippen molar-refractivity contribution < 1.29 is 24.2 Å². The summed E-state index contributed by atoms with van der Waals surface area (Å²) in [6.45, 7) is 12.3. The number of benzene rings is 1. The van der Waals surface area contributed by atoms with E-state index in [0.29, 0.717) is 11.1 Å². The Hall–Kier alpha value is -2.77. The molecule has 0 aromatic heterocycles. The van der Waals surface area contributed by atoms with Crippen LogP contribution >= 0.6 is 0 Å². The van der Waals surface area contributed by atoms with E-state index in [9.17, 15) is 19.5 Å². The second kappa shape index (κ2) is 9.58. The van der Waals surface area contributed by atoms with Gasteiger partial charge >= 0.3 is 6.09 Å². The van der Waals surface area contributed by atoms with Crippen molar-refractivity contribution in [3.8, 4) is 5.75 Å². The van der Waals surface area contributed by atoms with E-state index in [-0.39, 0.29) is 29.6 Å². The highest BCUT2D eigenvalue weighted by atomic mass is 16.6. The number of phenolic OH excluding ortho intramolecular Hbond substituents is 1. The monoisotopic (exact) mass is 433 g/mol. The fourth-order valence-corrected chi connectivity index (χ4v) is 3.29. The lowest BCUT2D eigenvalue weighted by Gasteiger charge is -2.34. The number of ether oxygens (including phenoxy) is 1. The molecule has 8 nitrogen and oxygen atoms in total. The lowest BCUT2D eigenvalue weighted by molar-refractivity contribution is -0.143. The van der Waals surface area contributed by atoms with Crippen LogP contribution in [0.4, 0.5) is 4.79 Å². The number of alkyl carbamates (subject to hydrolysis) is 1. The number of nitrogens with zero attached hydrogens (tertiary/aromatic N) is 1. The summed E-state index contributed by atoms with van der Waals surface area (Å²) in [7, 11) is 0. The van der Waals surface area contributed by atoms with Crippen molar-refractivity contribution in [2.45, 2.75) is 91.1 Å². The van der Waals surface area contributed by atoms with Gasteiger partial charge in [0.1, 0.15) is 23.4 Å². The second-order valence-corrected chi connectivity index (χ2v) is 9.46. The number of carbonyl (C=O) groups is 3. The quantitative estimate of drug-likeness (QED) is 0.612. The first-order valence-corrected chi connectivity index (χ1v) is 10.7. The molecule has 0 saturated heterocycles. The molecule has 1 aromatic carbocycles. The predicted octanol–water partition coefficient (Wildman–Crippen LogP) is 3.17. The number of rotatable bonds is 7. The average Bonchev–Trinajstić information content (AvgIpc) is 3.43. The van der Waals surface area contributed by atoms with Gasteiger partial charge in [-0.25, -0.2) is 4.79 Å². The standard InChI is InChI=1S/C23H35N3O5/c1-13(2)24-20(28)19(16-8-11-18(27)14(3)12-16)26(17-9-10-17)21(29)15(4)25-22(30)31-23(5,6)7/h8,11-13,15,17,19,27H,9-10H2,1-7H3,(H,24,28)(H,25,30). The number of aryl methyl sites for hydroxylation is 1. The van der Waals surface area contributed by atoms with Gasteiger partial charge in [0.05, 0.1) is 0 Å². The van der Waals surface area contributed by atoms with Crippen LogP contribution in [-0.2, 0) is 14.3 Å². The molecule has 1 saturated carbocycles. The van der Waals surface area contributed by atoms with E-state index in [1.807, 2.05) is 13.8 Å². The van der Waals surface area contributed by atoms with Gasteiger partial charge in [0.15, 0.2) is 0 Å². The lowest BCUT2D eigenvalue weighted by Crippen LogP contribution is -2.53. The molecule has 0 aliphatic heterocycles. The van der Waals surface area contributed by atoms with Gasteiger partial charge in [0.2, 0.25) is 11.8 Å². The highest BCUT2D eigenvalue weighted by Gasteiger charge is 2.43. The Morgan fingerprint density at radius 1 is 1.13 bits per heavy atom. The summed E-state index contributed by atoms with van der Waals surface area (Å²) < 4.78 is 5.26. The van der Waals surface area contributed by atoms with Crippen LogP contribution in [-0.4, -0.2) is 51.6 Å². The van der Waals surface area contributed by atoms with Gasteiger partial charge in [-0.05, 0) is 84.6 Å². The van der Waals surface area contributed by atoms with Gasteiger partial charge in [0.25, 0.3) is 0 Å². The largest absolute Gasteiger partial charge is 0.508 e. The van der Waals surface area contributed by atoms with Crippen LogP contribution in [0.25, 0.3) is 0 Å². The fourth-order valence-electron chi connectivity index (χ4n) is 3.29. The molecule has 2 unspecified atom stereocenters. The van der Waals surface area contributed by atoms with E-state index >= 15 is 0 Å². The van der Waals surface area contributed by atoms with Crippen molar-refractivity contribution in [2.24, 2.45) is 0 Å².